The number of carbonyl (C=O) groups is 2. The number of likely N-dealkylation sites (tertiary alicyclic amines) is 1. The van der Waals surface area contributed by atoms with E-state index >= 15 is 0 Å². The summed E-state index contributed by atoms with van der Waals surface area (Å²) < 4.78 is 0. The van der Waals surface area contributed by atoms with Crippen LogP contribution in [0.25, 0.3) is 0 Å². The van der Waals surface area contributed by atoms with Crippen molar-refractivity contribution in [2.75, 3.05) is 6.54 Å². The molecule has 0 aromatic heterocycles. The fraction of sp³-hybridized carbons (Fsp3) is 0.875. The van der Waals surface area contributed by atoms with Crippen LogP contribution in [-0.4, -0.2) is 46.6 Å². The highest BCUT2D eigenvalue weighted by molar-refractivity contribution is 5.83. The molecule has 5 nitrogen and oxygen atoms in total. The molecule has 1 aliphatic heterocycles. The van der Waals surface area contributed by atoms with Gasteiger partial charge in [0.25, 0.3) is 0 Å². The molecule has 1 saturated carbocycles. The molecule has 2 aliphatic rings. The van der Waals surface area contributed by atoms with Crippen LogP contribution in [0.5, 0.6) is 0 Å². The molecule has 5 unspecified atom stereocenters. The zero-order valence-electron chi connectivity index (χ0n) is 13.3. The van der Waals surface area contributed by atoms with E-state index < -0.39 is 12.0 Å². The van der Waals surface area contributed by atoms with Gasteiger partial charge in [-0.15, -0.1) is 0 Å². The van der Waals surface area contributed by atoms with Crippen LogP contribution in [0.4, 0.5) is 0 Å². The number of amides is 1. The van der Waals surface area contributed by atoms with E-state index in [9.17, 15) is 14.7 Å². The van der Waals surface area contributed by atoms with Crippen LogP contribution >= 0.6 is 0 Å². The summed E-state index contributed by atoms with van der Waals surface area (Å²) in [7, 11) is 0. The molecule has 1 heterocycles. The molecule has 1 aliphatic carbocycles. The van der Waals surface area contributed by atoms with E-state index in [1.165, 1.54) is 0 Å². The van der Waals surface area contributed by atoms with Crippen LogP contribution in [0.15, 0.2) is 0 Å². The first-order valence-corrected chi connectivity index (χ1v) is 8.24. The van der Waals surface area contributed by atoms with E-state index in [0.29, 0.717) is 5.92 Å². The van der Waals surface area contributed by atoms with Gasteiger partial charge in [-0.2, -0.15) is 0 Å². The van der Waals surface area contributed by atoms with E-state index in [-0.39, 0.29) is 23.9 Å². The molecule has 0 spiro atoms. The first kappa shape index (κ1) is 16.3. The first-order valence-electron chi connectivity index (χ1n) is 8.24. The standard InChI is InChI=1S/C16H28N2O3/c1-4-6-10(2)17-15(19)11(3)18-9-12-7-5-8-13(12)14(18)16(20)21/h10-14H,4-9H2,1-3H3,(H,17,19)(H,20,21). The average molecular weight is 296 g/mol. The Bertz CT molecular complexity index is 399. The van der Waals surface area contributed by atoms with Gasteiger partial charge in [0, 0.05) is 12.6 Å². The summed E-state index contributed by atoms with van der Waals surface area (Å²) in [6.07, 6.45) is 5.19. The lowest BCUT2D eigenvalue weighted by atomic mass is 9.94. The molecule has 0 bridgehead atoms. The van der Waals surface area contributed by atoms with Gasteiger partial charge in [0.2, 0.25) is 5.91 Å². The molecule has 0 radical (unpaired) electrons. The Hall–Kier alpha value is -1.10. The number of carboxylic acids is 1. The highest BCUT2D eigenvalue weighted by atomic mass is 16.4. The third-order valence-corrected chi connectivity index (χ3v) is 5.17. The second-order valence-corrected chi connectivity index (χ2v) is 6.71. The monoisotopic (exact) mass is 296 g/mol. The Morgan fingerprint density at radius 3 is 2.67 bits per heavy atom. The molecule has 0 aromatic rings. The minimum absolute atomic E-state index is 0.0397. The van der Waals surface area contributed by atoms with Gasteiger partial charge in [0.15, 0.2) is 0 Å². The maximum Gasteiger partial charge on any atom is 0.321 e. The van der Waals surface area contributed by atoms with E-state index in [0.717, 1.165) is 38.6 Å². The van der Waals surface area contributed by atoms with E-state index in [2.05, 4.69) is 12.2 Å². The summed E-state index contributed by atoms with van der Waals surface area (Å²) in [6, 6.07) is -0.703. The fourth-order valence-corrected chi connectivity index (χ4v) is 4.08. The van der Waals surface area contributed by atoms with Gasteiger partial charge in [-0.05, 0) is 44.9 Å². The number of aliphatic carboxylic acids is 1. The van der Waals surface area contributed by atoms with Crippen molar-refractivity contribution in [3.63, 3.8) is 0 Å². The predicted molar refractivity (Wildman–Crippen MR) is 80.9 cm³/mol. The number of carbonyl (C=O) groups excluding carboxylic acids is 1. The molecule has 21 heavy (non-hydrogen) atoms. The second-order valence-electron chi connectivity index (χ2n) is 6.71. The third-order valence-electron chi connectivity index (χ3n) is 5.17. The smallest absolute Gasteiger partial charge is 0.321 e. The maximum atomic E-state index is 12.4. The van der Waals surface area contributed by atoms with Gasteiger partial charge in [0.1, 0.15) is 6.04 Å². The Morgan fingerprint density at radius 1 is 1.33 bits per heavy atom. The number of hydrogen-bond donors (Lipinski definition) is 2. The Labute approximate surface area is 127 Å². The summed E-state index contributed by atoms with van der Waals surface area (Å²) in [6.45, 7) is 6.68. The number of nitrogens with one attached hydrogen (secondary N) is 1. The van der Waals surface area contributed by atoms with Crippen molar-refractivity contribution in [1.29, 1.82) is 0 Å². The number of rotatable bonds is 6. The summed E-state index contributed by atoms with van der Waals surface area (Å²) in [5.41, 5.74) is 0. The number of fused-ring (bicyclic) bond motifs is 1. The molecule has 0 aromatic carbocycles. The lowest BCUT2D eigenvalue weighted by Crippen LogP contribution is -2.52. The predicted octanol–water partition coefficient (Wildman–Crippen LogP) is 1.86. The lowest BCUT2D eigenvalue weighted by molar-refractivity contribution is -0.145. The van der Waals surface area contributed by atoms with Gasteiger partial charge in [-0.25, -0.2) is 0 Å². The minimum atomic E-state index is -0.773. The number of carboxylic acid groups (broad SMARTS) is 1. The summed E-state index contributed by atoms with van der Waals surface area (Å²) >= 11 is 0. The molecular weight excluding hydrogens is 268 g/mol. The van der Waals surface area contributed by atoms with Crippen molar-refractivity contribution in [1.82, 2.24) is 10.2 Å². The van der Waals surface area contributed by atoms with Crippen LogP contribution in [0.3, 0.4) is 0 Å². The largest absolute Gasteiger partial charge is 0.480 e. The number of hydrogen-bond acceptors (Lipinski definition) is 3. The van der Waals surface area contributed by atoms with Gasteiger partial charge < -0.3 is 10.4 Å². The third kappa shape index (κ3) is 3.39. The van der Waals surface area contributed by atoms with E-state index in [4.69, 9.17) is 0 Å². The summed E-state index contributed by atoms with van der Waals surface area (Å²) in [5.74, 6) is -0.131. The maximum absolute atomic E-state index is 12.4. The van der Waals surface area contributed by atoms with Crippen LogP contribution in [0.2, 0.25) is 0 Å². The van der Waals surface area contributed by atoms with Crippen molar-refractivity contribution in [2.45, 2.75) is 71.0 Å². The normalized spacial score (nSPS) is 31.7. The summed E-state index contributed by atoms with van der Waals surface area (Å²) in [5, 5.41) is 12.6. The van der Waals surface area contributed by atoms with E-state index in [1.54, 1.807) is 0 Å². The molecule has 2 fully saturated rings. The fourth-order valence-electron chi connectivity index (χ4n) is 4.08. The minimum Gasteiger partial charge on any atom is -0.480 e. The van der Waals surface area contributed by atoms with Crippen molar-refractivity contribution in [2.24, 2.45) is 11.8 Å². The van der Waals surface area contributed by atoms with Crippen LogP contribution < -0.4 is 5.32 Å². The zero-order chi connectivity index (χ0) is 15.6. The molecule has 5 atom stereocenters. The topological polar surface area (TPSA) is 69.6 Å². The van der Waals surface area contributed by atoms with Crippen molar-refractivity contribution >= 4 is 11.9 Å². The molecule has 5 heteroatoms. The average Bonchev–Trinajstić information content (AvgIpc) is 2.96. The quantitative estimate of drug-likeness (QED) is 0.785. The van der Waals surface area contributed by atoms with Gasteiger partial charge in [-0.1, -0.05) is 19.8 Å². The lowest BCUT2D eigenvalue weighted by Gasteiger charge is -2.30. The molecule has 1 saturated heterocycles. The SMILES string of the molecule is CCCC(C)NC(=O)C(C)N1CC2CCCC2C1C(=O)O. The van der Waals surface area contributed by atoms with E-state index in [1.807, 2.05) is 18.7 Å². The number of nitrogens with zero attached hydrogens (tertiary/aromatic N) is 1. The van der Waals surface area contributed by atoms with Crippen molar-refractivity contribution in [3.05, 3.63) is 0 Å². The van der Waals surface area contributed by atoms with Crippen LogP contribution in [0, 0.1) is 11.8 Å². The molecule has 1 amide bonds. The van der Waals surface area contributed by atoms with Gasteiger partial charge in [-0.3, -0.25) is 14.5 Å². The first-order chi connectivity index (χ1) is 9.95. The van der Waals surface area contributed by atoms with Gasteiger partial charge >= 0.3 is 5.97 Å². The Balaban J connectivity index is 2.02. The van der Waals surface area contributed by atoms with Crippen LogP contribution in [0.1, 0.15) is 52.9 Å². The Morgan fingerprint density at radius 2 is 2.05 bits per heavy atom. The molecular formula is C16H28N2O3. The zero-order valence-corrected chi connectivity index (χ0v) is 13.3. The molecule has 120 valence electrons. The van der Waals surface area contributed by atoms with Crippen molar-refractivity contribution in [3.8, 4) is 0 Å². The second kappa shape index (κ2) is 6.77. The van der Waals surface area contributed by atoms with Crippen molar-refractivity contribution < 1.29 is 14.7 Å². The highest BCUT2D eigenvalue weighted by Gasteiger charge is 2.50. The summed E-state index contributed by atoms with van der Waals surface area (Å²) in [4.78, 5) is 25.9. The Kier molecular flexibility index (Phi) is 5.25. The van der Waals surface area contributed by atoms with Gasteiger partial charge in [0.05, 0.1) is 6.04 Å². The highest BCUT2D eigenvalue weighted by Crippen LogP contribution is 2.43. The molecule has 2 rings (SSSR count). The van der Waals surface area contributed by atoms with Crippen LogP contribution in [-0.2, 0) is 9.59 Å². The molecule has 2 N–H and O–H groups in total.